The number of fused-ring (bicyclic) bond motifs is 1. The van der Waals surface area contributed by atoms with E-state index in [-0.39, 0.29) is 23.4 Å². The zero-order valence-electron chi connectivity index (χ0n) is 15.5. The standard InChI is InChI=1S/C18H32F2O3S/c1-12(11-18(19,20)24(22,23)16(2,3)4)13-8-9-14-15(21)7-6-10-17(13,14)5/h12-15,21H,6-11H2,1-5H3. The Bertz CT molecular complexity index is 567. The maximum Gasteiger partial charge on any atom is 0.346 e. The zero-order valence-corrected chi connectivity index (χ0v) is 16.3. The lowest BCUT2D eigenvalue weighted by atomic mass is 9.61. The second-order valence-electron chi connectivity index (χ2n) is 9.19. The molecule has 5 atom stereocenters. The molecule has 3 nitrogen and oxygen atoms in total. The summed E-state index contributed by atoms with van der Waals surface area (Å²) < 4.78 is 52.2. The average Bonchev–Trinajstić information content (AvgIpc) is 2.75. The second-order valence-corrected chi connectivity index (χ2v) is 12.0. The van der Waals surface area contributed by atoms with Crippen molar-refractivity contribution >= 4 is 9.84 Å². The van der Waals surface area contributed by atoms with E-state index in [4.69, 9.17) is 0 Å². The molecule has 0 bridgehead atoms. The summed E-state index contributed by atoms with van der Waals surface area (Å²) in [6.07, 6.45) is 3.30. The van der Waals surface area contributed by atoms with Crippen LogP contribution in [0.1, 0.15) is 73.1 Å². The van der Waals surface area contributed by atoms with E-state index in [0.717, 1.165) is 32.1 Å². The summed E-state index contributed by atoms with van der Waals surface area (Å²) in [6.45, 7) is 7.83. The van der Waals surface area contributed by atoms with Crippen LogP contribution in [0.4, 0.5) is 8.78 Å². The van der Waals surface area contributed by atoms with Crippen LogP contribution in [0.2, 0.25) is 0 Å². The Kier molecular flexibility index (Phi) is 5.18. The van der Waals surface area contributed by atoms with E-state index < -0.39 is 32.2 Å². The summed E-state index contributed by atoms with van der Waals surface area (Å²) in [7, 11) is -4.54. The summed E-state index contributed by atoms with van der Waals surface area (Å²) in [5.74, 6) is -0.192. The van der Waals surface area contributed by atoms with Gasteiger partial charge in [0.25, 0.3) is 0 Å². The number of alkyl halides is 2. The number of hydrogen-bond acceptors (Lipinski definition) is 3. The minimum Gasteiger partial charge on any atom is -0.393 e. The summed E-state index contributed by atoms with van der Waals surface area (Å²) >= 11 is 0. The SMILES string of the molecule is CC(CC(F)(F)S(=O)(=O)C(C)(C)C)C1CCC2C(O)CCCC12C. The van der Waals surface area contributed by atoms with Gasteiger partial charge in [-0.2, -0.15) is 8.78 Å². The highest BCUT2D eigenvalue weighted by atomic mass is 32.2. The number of aliphatic hydroxyl groups excluding tert-OH is 1. The lowest BCUT2D eigenvalue weighted by Gasteiger charge is -2.45. The fraction of sp³-hybridized carbons (Fsp3) is 1.00. The van der Waals surface area contributed by atoms with Crippen LogP contribution in [0.25, 0.3) is 0 Å². The van der Waals surface area contributed by atoms with E-state index in [0.29, 0.717) is 0 Å². The quantitative estimate of drug-likeness (QED) is 0.802. The van der Waals surface area contributed by atoms with Gasteiger partial charge in [0.2, 0.25) is 9.84 Å². The molecule has 1 N–H and O–H groups in total. The third kappa shape index (κ3) is 3.13. The Morgan fingerprint density at radius 3 is 2.33 bits per heavy atom. The van der Waals surface area contributed by atoms with Crippen molar-refractivity contribution in [2.45, 2.75) is 89.2 Å². The van der Waals surface area contributed by atoms with Gasteiger partial charge in [0.05, 0.1) is 10.9 Å². The Morgan fingerprint density at radius 1 is 1.21 bits per heavy atom. The number of aliphatic hydroxyl groups is 1. The molecule has 2 rings (SSSR count). The van der Waals surface area contributed by atoms with Gasteiger partial charge in [-0.3, -0.25) is 0 Å². The minimum absolute atomic E-state index is 0.0403. The number of sulfone groups is 1. The number of halogens is 2. The monoisotopic (exact) mass is 366 g/mol. The highest BCUT2D eigenvalue weighted by molar-refractivity contribution is 7.93. The summed E-state index contributed by atoms with van der Waals surface area (Å²) in [5, 5.41) is 6.55. The average molecular weight is 367 g/mol. The molecule has 0 radical (unpaired) electrons. The summed E-state index contributed by atoms with van der Waals surface area (Å²) in [5.41, 5.74) is -0.154. The van der Waals surface area contributed by atoms with Crippen LogP contribution in [0.3, 0.4) is 0 Å². The van der Waals surface area contributed by atoms with Gasteiger partial charge in [0, 0.05) is 6.42 Å². The molecule has 0 saturated heterocycles. The first-order valence-electron chi connectivity index (χ1n) is 9.04. The largest absolute Gasteiger partial charge is 0.393 e. The van der Waals surface area contributed by atoms with Crippen LogP contribution in [0.5, 0.6) is 0 Å². The zero-order chi connectivity index (χ0) is 18.6. The van der Waals surface area contributed by atoms with Gasteiger partial charge in [-0.1, -0.05) is 20.3 Å². The first-order chi connectivity index (χ1) is 10.7. The lowest BCUT2D eigenvalue weighted by molar-refractivity contribution is -0.0369. The van der Waals surface area contributed by atoms with E-state index in [9.17, 15) is 22.3 Å². The molecule has 0 heterocycles. The molecule has 24 heavy (non-hydrogen) atoms. The van der Waals surface area contributed by atoms with Gasteiger partial charge in [-0.25, -0.2) is 8.42 Å². The molecule has 2 aliphatic rings. The van der Waals surface area contributed by atoms with Gasteiger partial charge in [-0.05, 0) is 69.6 Å². The number of hydrogen-bond donors (Lipinski definition) is 1. The molecule has 142 valence electrons. The van der Waals surface area contributed by atoms with Crippen LogP contribution < -0.4 is 0 Å². The highest BCUT2D eigenvalue weighted by Crippen LogP contribution is 2.59. The Labute approximate surface area is 145 Å². The van der Waals surface area contributed by atoms with Crippen LogP contribution in [-0.2, 0) is 9.84 Å². The van der Waals surface area contributed by atoms with Crippen molar-refractivity contribution in [2.24, 2.45) is 23.2 Å². The first-order valence-corrected chi connectivity index (χ1v) is 10.5. The van der Waals surface area contributed by atoms with Crippen molar-refractivity contribution in [2.75, 3.05) is 0 Å². The molecule has 0 aromatic rings. The van der Waals surface area contributed by atoms with Gasteiger partial charge < -0.3 is 5.11 Å². The molecule has 2 aliphatic carbocycles. The molecule has 5 unspecified atom stereocenters. The molecular formula is C18H32F2O3S. The smallest absolute Gasteiger partial charge is 0.346 e. The predicted octanol–water partition coefficient (Wildman–Crippen LogP) is 4.40. The van der Waals surface area contributed by atoms with Crippen LogP contribution in [0.15, 0.2) is 0 Å². The Hall–Kier alpha value is -0.230. The molecule has 0 aromatic heterocycles. The van der Waals surface area contributed by atoms with Crippen molar-refractivity contribution in [1.82, 2.24) is 0 Å². The fourth-order valence-corrected chi connectivity index (χ4v) is 6.58. The molecule has 0 aliphatic heterocycles. The molecule has 0 spiro atoms. The molecule has 0 amide bonds. The van der Waals surface area contributed by atoms with E-state index in [1.807, 2.05) is 0 Å². The first kappa shape index (κ1) is 20.1. The molecule has 2 fully saturated rings. The van der Waals surface area contributed by atoms with E-state index in [1.165, 1.54) is 20.8 Å². The predicted molar refractivity (Wildman–Crippen MR) is 91.6 cm³/mol. The van der Waals surface area contributed by atoms with E-state index in [1.54, 1.807) is 6.92 Å². The lowest BCUT2D eigenvalue weighted by Crippen LogP contribution is -2.45. The minimum atomic E-state index is -4.54. The fourth-order valence-electron chi connectivity index (χ4n) is 5.20. The van der Waals surface area contributed by atoms with Gasteiger partial charge >= 0.3 is 5.25 Å². The second kappa shape index (κ2) is 6.19. The summed E-state index contributed by atoms with van der Waals surface area (Å²) in [4.78, 5) is 0. The van der Waals surface area contributed by atoms with Crippen molar-refractivity contribution < 1.29 is 22.3 Å². The highest BCUT2D eigenvalue weighted by Gasteiger charge is 2.57. The molecule has 2 saturated carbocycles. The van der Waals surface area contributed by atoms with E-state index >= 15 is 0 Å². The van der Waals surface area contributed by atoms with Crippen LogP contribution in [0, 0.1) is 23.2 Å². The Balaban J connectivity index is 2.20. The van der Waals surface area contributed by atoms with Crippen LogP contribution >= 0.6 is 0 Å². The van der Waals surface area contributed by atoms with E-state index in [2.05, 4.69) is 6.92 Å². The maximum atomic E-state index is 14.6. The topological polar surface area (TPSA) is 54.4 Å². The van der Waals surface area contributed by atoms with Crippen LogP contribution in [-0.4, -0.2) is 29.6 Å². The van der Waals surface area contributed by atoms with Gasteiger partial charge in [-0.15, -0.1) is 0 Å². The molecule has 0 aromatic carbocycles. The Morgan fingerprint density at radius 2 is 1.79 bits per heavy atom. The number of rotatable bonds is 4. The molecule has 6 heteroatoms. The van der Waals surface area contributed by atoms with Crippen molar-refractivity contribution in [3.63, 3.8) is 0 Å². The maximum absolute atomic E-state index is 14.6. The van der Waals surface area contributed by atoms with Gasteiger partial charge in [0.15, 0.2) is 0 Å². The van der Waals surface area contributed by atoms with Crippen molar-refractivity contribution in [1.29, 1.82) is 0 Å². The van der Waals surface area contributed by atoms with Crippen molar-refractivity contribution in [3.8, 4) is 0 Å². The molecular weight excluding hydrogens is 334 g/mol. The third-order valence-corrected chi connectivity index (χ3v) is 9.17. The van der Waals surface area contributed by atoms with Crippen molar-refractivity contribution in [3.05, 3.63) is 0 Å². The van der Waals surface area contributed by atoms with Gasteiger partial charge in [0.1, 0.15) is 0 Å². The normalized spacial score (nSPS) is 36.4. The summed E-state index contributed by atoms with van der Waals surface area (Å²) in [6, 6.07) is 0. The third-order valence-electron chi connectivity index (χ3n) is 6.61.